The predicted molar refractivity (Wildman–Crippen MR) is 116 cm³/mol. The van der Waals surface area contributed by atoms with Gasteiger partial charge in [0.2, 0.25) is 5.89 Å². The van der Waals surface area contributed by atoms with E-state index in [-0.39, 0.29) is 0 Å². The van der Waals surface area contributed by atoms with E-state index in [0.717, 1.165) is 11.0 Å². The minimum absolute atomic E-state index is 0.338. The van der Waals surface area contributed by atoms with Crippen molar-refractivity contribution in [3.63, 3.8) is 0 Å². The highest BCUT2D eigenvalue weighted by Crippen LogP contribution is 2.26. The Morgan fingerprint density at radius 3 is 2.63 bits per heavy atom. The summed E-state index contributed by atoms with van der Waals surface area (Å²) in [4.78, 5) is 13.1. The summed E-state index contributed by atoms with van der Waals surface area (Å²) in [7, 11) is 0. The first-order valence-corrected chi connectivity index (χ1v) is 10.6. The summed E-state index contributed by atoms with van der Waals surface area (Å²) in [5.74, 6) is 1.87. The van der Waals surface area contributed by atoms with Gasteiger partial charge in [-0.05, 0) is 36.4 Å². The topological polar surface area (TPSA) is 79.5 Å². The SMILES string of the molecule is BrCCOCCOc1ccc(COc2ccc3oc(-c4ccccn4)nc3c2)nc1. The lowest BCUT2D eigenvalue weighted by Gasteiger charge is -2.08. The van der Waals surface area contributed by atoms with Crippen LogP contribution >= 0.6 is 15.9 Å². The van der Waals surface area contributed by atoms with E-state index < -0.39 is 0 Å². The van der Waals surface area contributed by atoms with Gasteiger partial charge in [0.1, 0.15) is 35.9 Å². The Hall–Kier alpha value is -2.97. The predicted octanol–water partition coefficient (Wildman–Crippen LogP) is 4.65. The molecular weight excluding hydrogens is 450 g/mol. The van der Waals surface area contributed by atoms with Crippen LogP contribution in [0.2, 0.25) is 0 Å². The number of alkyl halides is 1. The molecule has 0 N–H and O–H groups in total. The first-order chi connectivity index (χ1) is 14.8. The summed E-state index contributed by atoms with van der Waals surface area (Å²) in [6.45, 7) is 2.04. The number of ether oxygens (including phenoxy) is 3. The van der Waals surface area contributed by atoms with Gasteiger partial charge >= 0.3 is 0 Å². The summed E-state index contributed by atoms with van der Waals surface area (Å²) in [5, 5.41) is 0.818. The molecule has 1 aromatic carbocycles. The molecule has 30 heavy (non-hydrogen) atoms. The lowest BCUT2D eigenvalue weighted by Crippen LogP contribution is -2.08. The van der Waals surface area contributed by atoms with Gasteiger partial charge in [0.15, 0.2) is 5.58 Å². The van der Waals surface area contributed by atoms with E-state index in [4.69, 9.17) is 18.6 Å². The molecule has 0 unspecified atom stereocenters. The first-order valence-electron chi connectivity index (χ1n) is 9.48. The second-order valence-corrected chi connectivity index (χ2v) is 7.08. The van der Waals surface area contributed by atoms with Crippen LogP contribution in [0.3, 0.4) is 0 Å². The lowest BCUT2D eigenvalue weighted by atomic mass is 10.3. The third-order valence-electron chi connectivity index (χ3n) is 4.15. The van der Waals surface area contributed by atoms with Gasteiger partial charge in [0.25, 0.3) is 0 Å². The molecule has 0 radical (unpaired) electrons. The maximum absolute atomic E-state index is 5.86. The van der Waals surface area contributed by atoms with E-state index >= 15 is 0 Å². The molecule has 8 heteroatoms. The molecule has 0 atom stereocenters. The fraction of sp³-hybridized carbons (Fsp3) is 0.227. The first kappa shape index (κ1) is 20.3. The van der Waals surface area contributed by atoms with Crippen molar-refractivity contribution in [2.75, 3.05) is 25.2 Å². The average molecular weight is 470 g/mol. The van der Waals surface area contributed by atoms with Gasteiger partial charge in [-0.25, -0.2) is 4.98 Å². The average Bonchev–Trinajstić information content (AvgIpc) is 3.22. The van der Waals surface area contributed by atoms with Crippen molar-refractivity contribution in [1.29, 1.82) is 0 Å². The monoisotopic (exact) mass is 469 g/mol. The quantitative estimate of drug-likeness (QED) is 0.247. The largest absolute Gasteiger partial charge is 0.490 e. The highest BCUT2D eigenvalue weighted by molar-refractivity contribution is 9.09. The molecule has 0 fully saturated rings. The number of halogens is 1. The Bertz CT molecular complexity index is 1070. The van der Waals surface area contributed by atoms with Gasteiger partial charge in [-0.15, -0.1) is 0 Å². The number of rotatable bonds is 10. The summed E-state index contributed by atoms with van der Waals surface area (Å²) < 4.78 is 22.6. The van der Waals surface area contributed by atoms with Gasteiger partial charge in [-0.1, -0.05) is 22.0 Å². The molecule has 0 spiro atoms. The molecule has 0 aliphatic rings. The van der Waals surface area contributed by atoms with Gasteiger partial charge < -0.3 is 18.6 Å². The molecule has 0 aliphatic heterocycles. The zero-order valence-electron chi connectivity index (χ0n) is 16.2. The normalized spacial score (nSPS) is 11.0. The number of pyridine rings is 2. The molecule has 4 aromatic rings. The number of nitrogens with zero attached hydrogens (tertiary/aromatic N) is 3. The van der Waals surface area contributed by atoms with Gasteiger partial charge in [-0.2, -0.15) is 0 Å². The number of aromatic nitrogens is 3. The second kappa shape index (κ2) is 10.2. The number of fused-ring (bicyclic) bond motifs is 1. The van der Waals surface area contributed by atoms with Crippen LogP contribution in [0.4, 0.5) is 0 Å². The molecule has 7 nitrogen and oxygen atoms in total. The van der Waals surface area contributed by atoms with Crippen LogP contribution in [0.25, 0.3) is 22.7 Å². The summed E-state index contributed by atoms with van der Waals surface area (Å²) in [6.07, 6.45) is 3.39. The Morgan fingerprint density at radius 1 is 0.900 bits per heavy atom. The molecular formula is C22H20BrN3O4. The van der Waals surface area contributed by atoms with E-state index in [0.29, 0.717) is 60.6 Å². The van der Waals surface area contributed by atoms with E-state index in [2.05, 4.69) is 30.9 Å². The number of benzene rings is 1. The fourth-order valence-corrected chi connectivity index (χ4v) is 2.94. The minimum Gasteiger partial charge on any atom is -0.490 e. The van der Waals surface area contributed by atoms with Crippen molar-refractivity contribution in [2.24, 2.45) is 0 Å². The molecule has 0 amide bonds. The number of hydrogen-bond donors (Lipinski definition) is 0. The lowest BCUT2D eigenvalue weighted by molar-refractivity contribution is 0.112. The van der Waals surface area contributed by atoms with Crippen LogP contribution < -0.4 is 9.47 Å². The van der Waals surface area contributed by atoms with Crippen LogP contribution in [0.15, 0.2) is 65.3 Å². The van der Waals surface area contributed by atoms with Crippen molar-refractivity contribution in [3.05, 3.63) is 66.6 Å². The van der Waals surface area contributed by atoms with E-state index in [9.17, 15) is 0 Å². The third-order valence-corrected chi connectivity index (χ3v) is 4.47. The van der Waals surface area contributed by atoms with Crippen molar-refractivity contribution in [1.82, 2.24) is 15.0 Å². The minimum atomic E-state index is 0.338. The molecule has 4 rings (SSSR count). The van der Waals surface area contributed by atoms with Gasteiger partial charge in [0.05, 0.1) is 25.1 Å². The molecule has 3 heterocycles. The van der Waals surface area contributed by atoms with Crippen molar-refractivity contribution >= 4 is 27.0 Å². The van der Waals surface area contributed by atoms with Crippen LogP contribution in [0, 0.1) is 0 Å². The van der Waals surface area contributed by atoms with E-state index in [1.165, 1.54) is 0 Å². The zero-order chi connectivity index (χ0) is 20.6. The Kier molecular flexibility index (Phi) is 6.89. The summed E-state index contributed by atoms with van der Waals surface area (Å²) in [6, 6.07) is 14.9. The van der Waals surface area contributed by atoms with Gasteiger partial charge in [0, 0.05) is 17.6 Å². The molecule has 0 aliphatic carbocycles. The second-order valence-electron chi connectivity index (χ2n) is 6.29. The highest BCUT2D eigenvalue weighted by Gasteiger charge is 2.10. The van der Waals surface area contributed by atoms with Crippen molar-refractivity contribution in [3.8, 4) is 23.1 Å². The van der Waals surface area contributed by atoms with E-state index in [1.807, 2.05) is 48.5 Å². The Morgan fingerprint density at radius 2 is 1.83 bits per heavy atom. The summed E-state index contributed by atoms with van der Waals surface area (Å²) >= 11 is 3.31. The standard InChI is InChI=1S/C22H20BrN3O4/c23-8-10-27-11-12-28-18-5-4-16(25-14-18)15-29-17-6-7-21-20(13-17)26-22(30-21)19-3-1-2-9-24-19/h1-7,9,13-14H,8,10-12,15H2. The van der Waals surface area contributed by atoms with Crippen LogP contribution in [0.1, 0.15) is 5.69 Å². The smallest absolute Gasteiger partial charge is 0.246 e. The highest BCUT2D eigenvalue weighted by atomic mass is 79.9. The van der Waals surface area contributed by atoms with E-state index in [1.54, 1.807) is 12.4 Å². The van der Waals surface area contributed by atoms with Crippen molar-refractivity contribution in [2.45, 2.75) is 6.61 Å². The van der Waals surface area contributed by atoms with Gasteiger partial charge in [-0.3, -0.25) is 9.97 Å². The molecule has 154 valence electrons. The molecule has 0 saturated carbocycles. The van der Waals surface area contributed by atoms with Crippen LogP contribution in [-0.2, 0) is 11.3 Å². The Balaban J connectivity index is 1.33. The zero-order valence-corrected chi connectivity index (χ0v) is 17.7. The maximum Gasteiger partial charge on any atom is 0.246 e. The summed E-state index contributed by atoms with van der Waals surface area (Å²) in [5.41, 5.74) is 2.89. The molecule has 3 aromatic heterocycles. The molecule has 0 saturated heterocycles. The van der Waals surface area contributed by atoms with Crippen molar-refractivity contribution < 1.29 is 18.6 Å². The number of oxazole rings is 1. The fourth-order valence-electron chi connectivity index (χ4n) is 2.71. The van der Waals surface area contributed by atoms with Crippen LogP contribution in [0.5, 0.6) is 11.5 Å². The third kappa shape index (κ3) is 5.34. The number of hydrogen-bond acceptors (Lipinski definition) is 7. The Labute approximate surface area is 182 Å². The molecule has 0 bridgehead atoms. The maximum atomic E-state index is 5.86. The van der Waals surface area contributed by atoms with Crippen LogP contribution in [-0.4, -0.2) is 40.1 Å².